The Morgan fingerprint density at radius 1 is 1.25 bits per heavy atom. The molecular weight excluding hydrogens is 303 g/mol. The van der Waals surface area contributed by atoms with Gasteiger partial charge in [0.25, 0.3) is 0 Å². The van der Waals surface area contributed by atoms with Crippen LogP contribution in [-0.4, -0.2) is 30.8 Å². The monoisotopic (exact) mass is 326 g/mol. The molecule has 126 valence electrons. The van der Waals surface area contributed by atoms with Gasteiger partial charge in [0.05, 0.1) is 17.5 Å². The Hall–Kier alpha value is -2.04. The fraction of sp³-hybridized carbons (Fsp3) is 0.350. The predicted molar refractivity (Wildman–Crippen MR) is 93.8 cm³/mol. The largest absolute Gasteiger partial charge is 0.391 e. The third-order valence-corrected chi connectivity index (χ3v) is 4.51. The molecule has 0 saturated heterocycles. The zero-order valence-corrected chi connectivity index (χ0v) is 14.0. The molecule has 0 bridgehead atoms. The molecule has 1 aliphatic rings. The summed E-state index contributed by atoms with van der Waals surface area (Å²) in [6.45, 7) is 2.52. The second-order valence-electron chi connectivity index (χ2n) is 6.38. The Morgan fingerprint density at radius 3 is 2.79 bits per heavy atom. The zero-order chi connectivity index (χ0) is 17.1. The average molecular weight is 326 g/mol. The first-order valence-corrected chi connectivity index (χ1v) is 8.34. The summed E-state index contributed by atoms with van der Waals surface area (Å²) in [6.07, 6.45) is 0.129. The molecule has 24 heavy (non-hydrogen) atoms. The molecule has 1 heterocycles. The van der Waals surface area contributed by atoms with E-state index in [1.54, 1.807) is 6.07 Å². The Balaban J connectivity index is 2.21. The number of rotatable bonds is 5. The first kappa shape index (κ1) is 16.8. The van der Waals surface area contributed by atoms with E-state index >= 15 is 0 Å². The molecule has 2 aromatic rings. The van der Waals surface area contributed by atoms with Gasteiger partial charge in [0.1, 0.15) is 5.82 Å². The Labute approximate surface area is 141 Å². The lowest BCUT2D eigenvalue weighted by Gasteiger charge is -2.29. The average Bonchev–Trinajstić information content (AvgIpc) is 2.55. The highest BCUT2D eigenvalue weighted by molar-refractivity contribution is 5.57. The highest BCUT2D eigenvalue weighted by atomic mass is 19.1. The van der Waals surface area contributed by atoms with Crippen molar-refractivity contribution in [3.8, 4) is 0 Å². The summed E-state index contributed by atoms with van der Waals surface area (Å²) in [7, 11) is 1.81. The van der Waals surface area contributed by atoms with E-state index in [9.17, 15) is 9.50 Å². The van der Waals surface area contributed by atoms with E-state index in [1.165, 1.54) is 12.1 Å². The quantitative estimate of drug-likeness (QED) is 0.879. The molecule has 0 fully saturated rings. The number of likely N-dealkylation sites (N-methyl/N-ethyl adjacent to an activating group) is 1. The van der Waals surface area contributed by atoms with E-state index in [2.05, 4.69) is 12.2 Å². The molecule has 2 N–H and O–H groups in total. The summed E-state index contributed by atoms with van der Waals surface area (Å²) < 4.78 is 13.8. The van der Waals surface area contributed by atoms with Crippen LogP contribution in [0.25, 0.3) is 5.57 Å². The van der Waals surface area contributed by atoms with Gasteiger partial charge in [-0.2, -0.15) is 0 Å². The molecule has 0 radical (unpaired) electrons. The Bertz CT molecular complexity index is 834. The number of nitrogens with zero attached hydrogens (tertiary/aromatic N) is 1. The lowest BCUT2D eigenvalue weighted by Crippen LogP contribution is -2.39. The van der Waals surface area contributed by atoms with Crippen LogP contribution in [0.5, 0.6) is 0 Å². The van der Waals surface area contributed by atoms with Gasteiger partial charge in [-0.25, -0.2) is 4.39 Å². The molecule has 0 amide bonds. The van der Waals surface area contributed by atoms with E-state index in [0.717, 1.165) is 28.1 Å². The minimum atomic E-state index is -0.634. The SMILES string of the molecule is CNCC(O)C(C1=c2ccccc2=NC(C)C1)c1cccc(F)c1. The number of hydrogen-bond donors (Lipinski definition) is 2. The highest BCUT2D eigenvalue weighted by Crippen LogP contribution is 2.32. The minimum Gasteiger partial charge on any atom is -0.391 e. The van der Waals surface area contributed by atoms with E-state index in [4.69, 9.17) is 4.99 Å². The summed E-state index contributed by atoms with van der Waals surface area (Å²) in [4.78, 5) is 4.70. The van der Waals surface area contributed by atoms with Crippen molar-refractivity contribution in [1.82, 2.24) is 5.32 Å². The molecule has 3 nitrogen and oxygen atoms in total. The van der Waals surface area contributed by atoms with Crippen LogP contribution < -0.4 is 15.9 Å². The number of halogens is 1. The lowest BCUT2D eigenvalue weighted by atomic mass is 9.81. The van der Waals surface area contributed by atoms with Crippen molar-refractivity contribution < 1.29 is 9.50 Å². The molecule has 4 heteroatoms. The number of benzene rings is 2. The molecule has 3 rings (SSSR count). The molecule has 2 aromatic carbocycles. The predicted octanol–water partition coefficient (Wildman–Crippen LogP) is 1.75. The van der Waals surface area contributed by atoms with Gasteiger partial charge in [-0.05, 0) is 54.9 Å². The van der Waals surface area contributed by atoms with Gasteiger partial charge < -0.3 is 10.4 Å². The van der Waals surface area contributed by atoms with Crippen molar-refractivity contribution in [3.05, 3.63) is 70.5 Å². The smallest absolute Gasteiger partial charge is 0.123 e. The van der Waals surface area contributed by atoms with E-state index < -0.39 is 6.10 Å². The van der Waals surface area contributed by atoms with Gasteiger partial charge in [0.15, 0.2) is 0 Å². The second kappa shape index (κ2) is 7.24. The third kappa shape index (κ3) is 3.40. The highest BCUT2D eigenvalue weighted by Gasteiger charge is 2.28. The summed E-state index contributed by atoms with van der Waals surface area (Å²) in [6, 6.07) is 14.7. The van der Waals surface area contributed by atoms with Gasteiger partial charge >= 0.3 is 0 Å². The van der Waals surface area contributed by atoms with Crippen LogP contribution in [0.4, 0.5) is 4.39 Å². The van der Waals surface area contributed by atoms with Crippen molar-refractivity contribution in [2.75, 3.05) is 13.6 Å². The normalized spacial score (nSPS) is 19.3. The molecule has 3 unspecified atom stereocenters. The number of nitrogens with one attached hydrogen (secondary N) is 1. The van der Waals surface area contributed by atoms with E-state index in [1.807, 2.05) is 37.4 Å². The number of fused-ring (bicyclic) bond motifs is 1. The summed E-state index contributed by atoms with van der Waals surface area (Å²) in [5.41, 5.74) is 1.93. The van der Waals surface area contributed by atoms with E-state index in [0.29, 0.717) is 6.54 Å². The van der Waals surface area contributed by atoms with Gasteiger partial charge in [-0.1, -0.05) is 30.3 Å². The maximum Gasteiger partial charge on any atom is 0.123 e. The van der Waals surface area contributed by atoms with Crippen LogP contribution in [-0.2, 0) is 0 Å². The number of aliphatic hydroxyl groups is 1. The minimum absolute atomic E-state index is 0.146. The fourth-order valence-corrected chi connectivity index (χ4v) is 3.55. The molecule has 0 spiro atoms. The third-order valence-electron chi connectivity index (χ3n) is 4.51. The van der Waals surface area contributed by atoms with Crippen molar-refractivity contribution in [3.63, 3.8) is 0 Å². The van der Waals surface area contributed by atoms with Crippen LogP contribution >= 0.6 is 0 Å². The van der Waals surface area contributed by atoms with Crippen LogP contribution in [0.3, 0.4) is 0 Å². The lowest BCUT2D eigenvalue weighted by molar-refractivity contribution is 0.160. The maximum atomic E-state index is 13.8. The molecule has 0 saturated carbocycles. The number of aliphatic hydroxyl groups excluding tert-OH is 1. The number of para-hydroxylation sites is 1. The number of hydrogen-bond acceptors (Lipinski definition) is 3. The molecule has 0 aliphatic carbocycles. The van der Waals surface area contributed by atoms with Gasteiger partial charge in [0.2, 0.25) is 0 Å². The van der Waals surface area contributed by atoms with Gasteiger partial charge in [0, 0.05) is 12.5 Å². The first-order valence-electron chi connectivity index (χ1n) is 8.34. The zero-order valence-electron chi connectivity index (χ0n) is 14.0. The Morgan fingerprint density at radius 2 is 2.04 bits per heavy atom. The Kier molecular flexibility index (Phi) is 5.07. The standard InChI is InChI=1S/C20H23FN2O/c1-13-10-17(16-8-3-4-9-18(16)23-13)20(19(24)12-22-2)14-6-5-7-15(21)11-14/h3-9,11,13,19-20,22,24H,10,12H2,1-2H3. The maximum absolute atomic E-state index is 13.8. The summed E-state index contributed by atoms with van der Waals surface area (Å²) in [5.74, 6) is -0.538. The van der Waals surface area contributed by atoms with Crippen molar-refractivity contribution in [2.24, 2.45) is 4.99 Å². The molecule has 3 atom stereocenters. The molecular formula is C20H23FN2O. The topological polar surface area (TPSA) is 44.6 Å². The molecule has 0 aromatic heterocycles. The van der Waals surface area contributed by atoms with Crippen molar-refractivity contribution >= 4 is 5.57 Å². The molecule has 1 aliphatic heterocycles. The fourth-order valence-electron chi connectivity index (χ4n) is 3.55. The van der Waals surface area contributed by atoms with Gasteiger partial charge in [-0.3, -0.25) is 4.99 Å². The first-order chi connectivity index (χ1) is 11.6. The summed E-state index contributed by atoms with van der Waals surface area (Å²) in [5, 5.41) is 15.8. The second-order valence-corrected chi connectivity index (χ2v) is 6.38. The van der Waals surface area contributed by atoms with Crippen molar-refractivity contribution in [2.45, 2.75) is 31.4 Å². The summed E-state index contributed by atoms with van der Waals surface area (Å²) >= 11 is 0. The van der Waals surface area contributed by atoms with Gasteiger partial charge in [-0.15, -0.1) is 0 Å². The van der Waals surface area contributed by atoms with Crippen LogP contribution in [0.15, 0.2) is 53.5 Å². The van der Waals surface area contributed by atoms with Crippen LogP contribution in [0.2, 0.25) is 0 Å². The van der Waals surface area contributed by atoms with Crippen molar-refractivity contribution in [1.29, 1.82) is 0 Å². The van der Waals surface area contributed by atoms with Crippen LogP contribution in [0.1, 0.15) is 24.8 Å². The van der Waals surface area contributed by atoms with Crippen LogP contribution in [0, 0.1) is 5.82 Å². The van der Waals surface area contributed by atoms with E-state index in [-0.39, 0.29) is 17.8 Å².